The molecule has 0 radical (unpaired) electrons. The molecule has 2 aromatic rings. The van der Waals surface area contributed by atoms with Gasteiger partial charge in [-0.25, -0.2) is 13.1 Å². The van der Waals surface area contributed by atoms with Gasteiger partial charge in [0.05, 0.1) is 4.90 Å². The molecule has 0 aromatic heterocycles. The first-order chi connectivity index (χ1) is 11.4. The molecule has 2 N–H and O–H groups in total. The van der Waals surface area contributed by atoms with Gasteiger partial charge in [0.25, 0.3) is 0 Å². The monoisotopic (exact) mass is 367 g/mol. The number of carboxylic acid groups (broad SMARTS) is 1. The average molecular weight is 368 g/mol. The largest absolute Gasteiger partial charge is 0.481 e. The predicted molar refractivity (Wildman–Crippen MR) is 92.5 cm³/mol. The molecule has 24 heavy (non-hydrogen) atoms. The van der Waals surface area contributed by atoms with E-state index in [2.05, 4.69) is 4.72 Å². The number of benzene rings is 2. The summed E-state index contributed by atoms with van der Waals surface area (Å²) in [6, 6.07) is 13.4. The smallest absolute Gasteiger partial charge is 0.303 e. The van der Waals surface area contributed by atoms with Crippen LogP contribution in [0.2, 0.25) is 5.02 Å². The Bertz CT molecular complexity index is 786. The molecular weight excluding hydrogens is 350 g/mol. The van der Waals surface area contributed by atoms with Crippen molar-refractivity contribution in [1.29, 1.82) is 0 Å². The number of hydrogen-bond donors (Lipinski definition) is 2. The quantitative estimate of drug-likeness (QED) is 0.750. The molecule has 5 nitrogen and oxygen atoms in total. The van der Waals surface area contributed by atoms with Crippen molar-refractivity contribution in [2.45, 2.75) is 30.7 Å². The molecule has 0 aliphatic rings. The molecular formula is C17H18ClNO4S. The van der Waals surface area contributed by atoms with Gasteiger partial charge in [-0.15, -0.1) is 0 Å². The summed E-state index contributed by atoms with van der Waals surface area (Å²) >= 11 is 5.76. The lowest BCUT2D eigenvalue weighted by molar-refractivity contribution is -0.137. The molecule has 7 heteroatoms. The fourth-order valence-electron chi connectivity index (χ4n) is 2.14. The first-order valence-corrected chi connectivity index (χ1v) is 9.28. The number of carboxylic acids is 1. The second-order valence-corrected chi connectivity index (χ2v) is 7.55. The lowest BCUT2D eigenvalue weighted by Crippen LogP contribution is -2.23. The number of carbonyl (C=O) groups is 1. The minimum atomic E-state index is -3.58. The van der Waals surface area contributed by atoms with E-state index in [4.69, 9.17) is 16.7 Å². The molecule has 128 valence electrons. The van der Waals surface area contributed by atoms with E-state index in [1.807, 2.05) is 24.3 Å². The summed E-state index contributed by atoms with van der Waals surface area (Å²) in [5.74, 6) is -0.803. The molecule has 0 atom stereocenters. The second-order valence-electron chi connectivity index (χ2n) is 5.34. The van der Waals surface area contributed by atoms with Gasteiger partial charge in [0.2, 0.25) is 10.0 Å². The van der Waals surface area contributed by atoms with Gasteiger partial charge < -0.3 is 5.11 Å². The maximum atomic E-state index is 12.2. The normalized spacial score (nSPS) is 11.4. The lowest BCUT2D eigenvalue weighted by Gasteiger charge is -2.08. The van der Waals surface area contributed by atoms with E-state index in [-0.39, 0.29) is 17.9 Å². The molecule has 2 rings (SSSR count). The van der Waals surface area contributed by atoms with Crippen LogP contribution < -0.4 is 4.72 Å². The van der Waals surface area contributed by atoms with Crippen molar-refractivity contribution >= 4 is 27.6 Å². The second kappa shape index (κ2) is 8.28. The van der Waals surface area contributed by atoms with Crippen molar-refractivity contribution in [1.82, 2.24) is 4.72 Å². The predicted octanol–water partition coefficient (Wildman–Crippen LogP) is 3.23. The van der Waals surface area contributed by atoms with E-state index in [1.54, 1.807) is 0 Å². The molecule has 0 saturated carbocycles. The Morgan fingerprint density at radius 1 is 1.00 bits per heavy atom. The summed E-state index contributed by atoms with van der Waals surface area (Å²) in [5.41, 5.74) is 1.86. The first-order valence-electron chi connectivity index (χ1n) is 7.42. The molecule has 0 spiro atoms. The van der Waals surface area contributed by atoms with E-state index in [1.165, 1.54) is 24.3 Å². The summed E-state index contributed by atoms with van der Waals surface area (Å²) in [6.07, 6.45) is 1.41. The standard InChI is InChI=1S/C17H18ClNO4S/c18-15-8-10-16(11-9-15)24(22,23)19-12-14-6-4-13(5-7-14)2-1-3-17(20)21/h4-11,19H,1-3,12H2,(H,20,21). The number of rotatable bonds is 8. The molecule has 2 aromatic carbocycles. The van der Waals surface area contributed by atoms with Gasteiger partial charge in [-0.05, 0) is 48.2 Å². The van der Waals surface area contributed by atoms with Gasteiger partial charge in [-0.1, -0.05) is 35.9 Å². The van der Waals surface area contributed by atoms with Crippen LogP contribution >= 0.6 is 11.6 Å². The van der Waals surface area contributed by atoms with Gasteiger partial charge in [0.1, 0.15) is 0 Å². The summed E-state index contributed by atoms with van der Waals surface area (Å²) in [7, 11) is -3.58. The van der Waals surface area contributed by atoms with Crippen LogP contribution in [-0.4, -0.2) is 19.5 Å². The zero-order valence-electron chi connectivity index (χ0n) is 12.9. The van der Waals surface area contributed by atoms with E-state index in [0.29, 0.717) is 17.9 Å². The zero-order valence-corrected chi connectivity index (χ0v) is 14.5. The molecule has 0 heterocycles. The summed E-state index contributed by atoms with van der Waals surface area (Å²) in [6.45, 7) is 0.181. The number of aliphatic carboxylic acids is 1. The molecule has 0 amide bonds. The van der Waals surface area contributed by atoms with Crippen molar-refractivity contribution in [2.75, 3.05) is 0 Å². The SMILES string of the molecule is O=C(O)CCCc1ccc(CNS(=O)(=O)c2ccc(Cl)cc2)cc1. The van der Waals surface area contributed by atoms with Crippen molar-refractivity contribution < 1.29 is 18.3 Å². The van der Waals surface area contributed by atoms with Crippen molar-refractivity contribution in [2.24, 2.45) is 0 Å². The highest BCUT2D eigenvalue weighted by atomic mass is 35.5. The third-order valence-electron chi connectivity index (χ3n) is 3.47. The number of halogens is 1. The Morgan fingerprint density at radius 2 is 1.58 bits per heavy atom. The minimum absolute atomic E-state index is 0.142. The molecule has 0 saturated heterocycles. The topological polar surface area (TPSA) is 83.5 Å². The third-order valence-corrected chi connectivity index (χ3v) is 5.14. The van der Waals surface area contributed by atoms with Crippen LogP contribution in [0.25, 0.3) is 0 Å². The van der Waals surface area contributed by atoms with Gasteiger partial charge >= 0.3 is 5.97 Å². The molecule has 0 aliphatic carbocycles. The molecule has 0 bridgehead atoms. The Balaban J connectivity index is 1.91. The van der Waals surface area contributed by atoms with Crippen LogP contribution in [-0.2, 0) is 27.8 Å². The highest BCUT2D eigenvalue weighted by molar-refractivity contribution is 7.89. The van der Waals surface area contributed by atoms with Crippen LogP contribution in [0, 0.1) is 0 Å². The van der Waals surface area contributed by atoms with Crippen molar-refractivity contribution in [3.63, 3.8) is 0 Å². The maximum absolute atomic E-state index is 12.2. The summed E-state index contributed by atoms with van der Waals surface area (Å²) in [5, 5.41) is 9.10. The maximum Gasteiger partial charge on any atom is 0.303 e. The highest BCUT2D eigenvalue weighted by Gasteiger charge is 2.13. The zero-order chi connectivity index (χ0) is 17.6. The van der Waals surface area contributed by atoms with E-state index >= 15 is 0 Å². The van der Waals surface area contributed by atoms with E-state index < -0.39 is 16.0 Å². The minimum Gasteiger partial charge on any atom is -0.481 e. The Kier molecular flexibility index (Phi) is 6.36. The van der Waals surface area contributed by atoms with Crippen LogP contribution in [0.3, 0.4) is 0 Å². The van der Waals surface area contributed by atoms with Gasteiger partial charge in [-0.3, -0.25) is 4.79 Å². The molecule has 0 unspecified atom stereocenters. The Labute approximate surface area is 146 Å². The van der Waals surface area contributed by atoms with Gasteiger partial charge in [0, 0.05) is 18.0 Å². The first kappa shape index (κ1) is 18.4. The van der Waals surface area contributed by atoms with Gasteiger partial charge in [0.15, 0.2) is 0 Å². The average Bonchev–Trinajstić information content (AvgIpc) is 2.54. The highest BCUT2D eigenvalue weighted by Crippen LogP contribution is 2.14. The summed E-state index contributed by atoms with van der Waals surface area (Å²) < 4.78 is 26.9. The van der Waals surface area contributed by atoms with E-state index in [0.717, 1.165) is 11.1 Å². The molecule has 0 aliphatic heterocycles. The molecule has 0 fully saturated rings. The van der Waals surface area contributed by atoms with E-state index in [9.17, 15) is 13.2 Å². The van der Waals surface area contributed by atoms with Crippen LogP contribution in [0.5, 0.6) is 0 Å². The number of aryl methyl sites for hydroxylation is 1. The number of hydrogen-bond acceptors (Lipinski definition) is 3. The fourth-order valence-corrected chi connectivity index (χ4v) is 3.29. The van der Waals surface area contributed by atoms with Crippen LogP contribution in [0.4, 0.5) is 0 Å². The van der Waals surface area contributed by atoms with Crippen molar-refractivity contribution in [3.8, 4) is 0 Å². The van der Waals surface area contributed by atoms with Gasteiger partial charge in [-0.2, -0.15) is 0 Å². The Hall–Kier alpha value is -1.89. The van der Waals surface area contributed by atoms with Crippen molar-refractivity contribution in [3.05, 3.63) is 64.7 Å². The lowest BCUT2D eigenvalue weighted by atomic mass is 10.1. The number of nitrogens with one attached hydrogen (secondary N) is 1. The van der Waals surface area contributed by atoms with Crippen LogP contribution in [0.15, 0.2) is 53.4 Å². The fraction of sp³-hybridized carbons (Fsp3) is 0.235. The third kappa shape index (κ3) is 5.63. The summed E-state index contributed by atoms with van der Waals surface area (Å²) in [4.78, 5) is 10.6. The Morgan fingerprint density at radius 3 is 2.17 bits per heavy atom. The van der Waals surface area contributed by atoms with Crippen LogP contribution in [0.1, 0.15) is 24.0 Å². The number of sulfonamides is 1.